The van der Waals surface area contributed by atoms with Crippen molar-refractivity contribution in [3.63, 3.8) is 0 Å². The van der Waals surface area contributed by atoms with Crippen LogP contribution in [0.5, 0.6) is 0 Å². The van der Waals surface area contributed by atoms with Gasteiger partial charge in [0.15, 0.2) is 0 Å². The summed E-state index contributed by atoms with van der Waals surface area (Å²) in [6, 6.07) is 9.11. The topological polar surface area (TPSA) is 0 Å². The van der Waals surface area contributed by atoms with E-state index >= 15 is 0 Å². The van der Waals surface area contributed by atoms with E-state index in [9.17, 15) is 0 Å². The number of benzene rings is 1. The Morgan fingerprint density at radius 1 is 0.700 bits per heavy atom. The third kappa shape index (κ3) is 3.42. The van der Waals surface area contributed by atoms with Crippen LogP contribution in [0.1, 0.15) is 65.5 Å². The molecule has 0 bridgehead atoms. The molecule has 0 heteroatoms. The lowest BCUT2D eigenvalue weighted by Gasteiger charge is -2.26. The highest BCUT2D eigenvalue weighted by atomic mass is 14.2. The van der Waals surface area contributed by atoms with Gasteiger partial charge in [0.05, 0.1) is 0 Å². The maximum Gasteiger partial charge on any atom is -0.00916 e. The number of hydrogen-bond acceptors (Lipinski definition) is 0. The highest BCUT2D eigenvalue weighted by Crippen LogP contribution is 2.35. The second-order valence-corrected chi connectivity index (χ2v) is 7.94. The highest BCUT2D eigenvalue weighted by Gasteiger charge is 2.19. The lowest BCUT2D eigenvalue weighted by Crippen LogP contribution is -2.11. The average molecular weight is 268 g/mol. The summed E-state index contributed by atoms with van der Waals surface area (Å²) in [5.41, 5.74) is 6.36. The van der Waals surface area contributed by atoms with E-state index in [2.05, 4.69) is 78.0 Å². The second-order valence-electron chi connectivity index (χ2n) is 7.94. The summed E-state index contributed by atoms with van der Waals surface area (Å²) in [6.45, 7) is 13.7. The van der Waals surface area contributed by atoms with Gasteiger partial charge >= 0.3 is 0 Å². The van der Waals surface area contributed by atoms with E-state index in [0.29, 0.717) is 5.41 Å². The van der Waals surface area contributed by atoms with E-state index in [0.717, 1.165) is 12.8 Å². The summed E-state index contributed by atoms with van der Waals surface area (Å²) in [5.74, 6) is 0. The molecule has 0 N–H and O–H groups in total. The van der Waals surface area contributed by atoms with Crippen molar-refractivity contribution >= 4 is 5.57 Å². The fraction of sp³-hybridized carbons (Fsp3) is 0.500. The Hall–Kier alpha value is -1.30. The predicted molar refractivity (Wildman–Crippen MR) is 89.9 cm³/mol. The Kier molecular flexibility index (Phi) is 3.95. The summed E-state index contributed by atoms with van der Waals surface area (Å²) < 4.78 is 0. The maximum absolute atomic E-state index is 2.42. The van der Waals surface area contributed by atoms with Crippen molar-refractivity contribution in [3.05, 3.63) is 53.1 Å². The van der Waals surface area contributed by atoms with Gasteiger partial charge < -0.3 is 0 Å². The lowest BCUT2D eigenvalue weighted by molar-refractivity contribution is 0.491. The predicted octanol–water partition coefficient (Wildman–Crippen LogP) is 6.13. The van der Waals surface area contributed by atoms with Crippen LogP contribution >= 0.6 is 0 Å². The SMILES string of the molecule is CC(C)(C)C1=CCC(c2ccc(C(C)(C)C)cc2)=CC1. The molecule has 0 atom stereocenters. The van der Waals surface area contributed by atoms with Gasteiger partial charge in [-0.05, 0) is 40.4 Å². The third-order valence-electron chi connectivity index (χ3n) is 4.22. The Morgan fingerprint density at radius 2 is 1.30 bits per heavy atom. The molecule has 0 saturated heterocycles. The molecule has 0 radical (unpaired) electrons. The van der Waals surface area contributed by atoms with Gasteiger partial charge in [-0.1, -0.05) is 83.5 Å². The number of hydrogen-bond donors (Lipinski definition) is 0. The summed E-state index contributed by atoms with van der Waals surface area (Å²) in [4.78, 5) is 0. The molecule has 2 rings (SSSR count). The van der Waals surface area contributed by atoms with Crippen LogP contribution < -0.4 is 0 Å². The first-order chi connectivity index (χ1) is 9.18. The fourth-order valence-electron chi connectivity index (χ4n) is 2.67. The fourth-order valence-corrected chi connectivity index (χ4v) is 2.67. The van der Waals surface area contributed by atoms with Crippen LogP contribution in [-0.4, -0.2) is 0 Å². The van der Waals surface area contributed by atoms with Gasteiger partial charge in [-0.15, -0.1) is 0 Å². The van der Waals surface area contributed by atoms with E-state index in [4.69, 9.17) is 0 Å². The van der Waals surface area contributed by atoms with Gasteiger partial charge in [0, 0.05) is 0 Å². The van der Waals surface area contributed by atoms with Gasteiger partial charge in [0.25, 0.3) is 0 Å². The smallest absolute Gasteiger partial charge is 0.00916 e. The molecule has 1 aromatic rings. The van der Waals surface area contributed by atoms with Crippen LogP contribution in [0.15, 0.2) is 42.0 Å². The molecular formula is C20H28. The van der Waals surface area contributed by atoms with Crippen LogP contribution in [-0.2, 0) is 5.41 Å². The first-order valence-electron chi connectivity index (χ1n) is 7.67. The van der Waals surface area contributed by atoms with Crippen molar-refractivity contribution in [1.82, 2.24) is 0 Å². The van der Waals surface area contributed by atoms with Crippen LogP contribution in [0.3, 0.4) is 0 Å². The molecule has 1 aromatic carbocycles. The van der Waals surface area contributed by atoms with Gasteiger partial charge in [0.1, 0.15) is 0 Å². The van der Waals surface area contributed by atoms with E-state index in [1.807, 2.05) is 0 Å². The molecule has 0 fully saturated rings. The molecule has 0 aromatic heterocycles. The van der Waals surface area contributed by atoms with Crippen LogP contribution in [0.25, 0.3) is 5.57 Å². The second kappa shape index (κ2) is 5.24. The molecule has 0 saturated carbocycles. The minimum atomic E-state index is 0.235. The first kappa shape index (κ1) is 15.1. The molecule has 0 spiro atoms. The Balaban J connectivity index is 2.14. The minimum absolute atomic E-state index is 0.235. The monoisotopic (exact) mass is 268 g/mol. The zero-order chi connectivity index (χ0) is 15.0. The van der Waals surface area contributed by atoms with Crippen molar-refractivity contribution in [2.75, 3.05) is 0 Å². The molecule has 20 heavy (non-hydrogen) atoms. The zero-order valence-electron chi connectivity index (χ0n) is 13.9. The van der Waals surface area contributed by atoms with Gasteiger partial charge in [0.2, 0.25) is 0 Å². The molecule has 0 heterocycles. The van der Waals surface area contributed by atoms with Crippen LogP contribution in [0, 0.1) is 5.41 Å². The maximum atomic E-state index is 2.42. The molecule has 0 aliphatic heterocycles. The Morgan fingerprint density at radius 3 is 1.70 bits per heavy atom. The molecule has 1 aliphatic rings. The molecule has 0 nitrogen and oxygen atoms in total. The summed E-state index contributed by atoms with van der Waals surface area (Å²) in [7, 11) is 0. The first-order valence-corrected chi connectivity index (χ1v) is 7.67. The molecule has 108 valence electrons. The van der Waals surface area contributed by atoms with Crippen LogP contribution in [0.4, 0.5) is 0 Å². The average Bonchev–Trinajstić information content (AvgIpc) is 2.37. The molecular weight excluding hydrogens is 240 g/mol. The van der Waals surface area contributed by atoms with Crippen molar-refractivity contribution in [2.45, 2.75) is 59.8 Å². The van der Waals surface area contributed by atoms with Gasteiger partial charge in [-0.25, -0.2) is 0 Å². The molecule has 0 unspecified atom stereocenters. The summed E-state index contributed by atoms with van der Waals surface area (Å²) in [6.07, 6.45) is 7.00. The zero-order valence-corrected chi connectivity index (χ0v) is 13.9. The van der Waals surface area contributed by atoms with E-state index in [-0.39, 0.29) is 5.41 Å². The van der Waals surface area contributed by atoms with Crippen molar-refractivity contribution < 1.29 is 0 Å². The molecule has 0 amide bonds. The Labute approximate surface area is 124 Å². The van der Waals surface area contributed by atoms with Crippen molar-refractivity contribution in [3.8, 4) is 0 Å². The minimum Gasteiger partial charge on any atom is -0.0801 e. The largest absolute Gasteiger partial charge is 0.0801 e. The Bertz CT molecular complexity index is 525. The van der Waals surface area contributed by atoms with Crippen molar-refractivity contribution in [1.29, 1.82) is 0 Å². The van der Waals surface area contributed by atoms with Gasteiger partial charge in [-0.3, -0.25) is 0 Å². The van der Waals surface area contributed by atoms with E-state index in [1.54, 1.807) is 5.57 Å². The van der Waals surface area contributed by atoms with E-state index in [1.165, 1.54) is 16.7 Å². The summed E-state index contributed by atoms with van der Waals surface area (Å²) in [5, 5.41) is 0. The standard InChI is InChI=1S/C20H28/c1-19(2,3)17-11-7-15(8-12-17)16-9-13-18(14-10-16)20(4,5)6/h7-9,11-12,14H,10,13H2,1-6H3. The van der Waals surface area contributed by atoms with Crippen molar-refractivity contribution in [2.24, 2.45) is 5.41 Å². The third-order valence-corrected chi connectivity index (χ3v) is 4.22. The normalized spacial score (nSPS) is 16.7. The van der Waals surface area contributed by atoms with Crippen LogP contribution in [0.2, 0.25) is 0 Å². The van der Waals surface area contributed by atoms with Gasteiger partial charge in [-0.2, -0.15) is 0 Å². The quantitative estimate of drug-likeness (QED) is 0.537. The highest BCUT2D eigenvalue weighted by molar-refractivity contribution is 5.68. The number of allylic oxidation sites excluding steroid dienone is 4. The van der Waals surface area contributed by atoms with E-state index < -0.39 is 0 Å². The lowest BCUT2D eigenvalue weighted by atomic mass is 9.80. The molecule has 1 aliphatic carbocycles. The number of rotatable bonds is 1. The summed E-state index contributed by atoms with van der Waals surface area (Å²) >= 11 is 0.